The number of nitrogens with one attached hydrogen (secondary N) is 1. The molecule has 2 N–H and O–H groups in total. The lowest BCUT2D eigenvalue weighted by atomic mass is 10.3. The highest BCUT2D eigenvalue weighted by atomic mass is 32.1. The van der Waals surface area contributed by atoms with E-state index in [1.807, 2.05) is 13.8 Å². The molecule has 1 saturated carbocycles. The van der Waals surface area contributed by atoms with Crippen LogP contribution in [0, 0.1) is 19.8 Å². The molecule has 1 aromatic rings. The Morgan fingerprint density at radius 3 is 2.89 bits per heavy atom. The quantitative estimate of drug-likeness (QED) is 0.791. The first-order valence-electron chi connectivity index (χ1n) is 6.54. The van der Waals surface area contributed by atoms with Crippen LogP contribution in [0.5, 0.6) is 0 Å². The molecule has 19 heavy (non-hydrogen) atoms. The first-order chi connectivity index (χ1) is 9.06. The van der Waals surface area contributed by atoms with Gasteiger partial charge in [-0.05, 0) is 32.6 Å². The molecular weight excluding hydrogens is 264 g/mol. The maximum Gasteiger partial charge on any atom is 0.263 e. The van der Waals surface area contributed by atoms with Crippen molar-refractivity contribution in [2.75, 3.05) is 19.8 Å². The normalized spacial score (nSPS) is 16.4. The van der Waals surface area contributed by atoms with Gasteiger partial charge in [-0.3, -0.25) is 4.79 Å². The summed E-state index contributed by atoms with van der Waals surface area (Å²) in [7, 11) is 0. The molecule has 1 aliphatic carbocycles. The van der Waals surface area contributed by atoms with E-state index in [2.05, 4.69) is 10.3 Å². The van der Waals surface area contributed by atoms with Gasteiger partial charge < -0.3 is 15.2 Å². The molecule has 1 aromatic heterocycles. The van der Waals surface area contributed by atoms with E-state index in [9.17, 15) is 9.90 Å². The summed E-state index contributed by atoms with van der Waals surface area (Å²) in [5, 5.41) is 13.3. The Morgan fingerprint density at radius 1 is 1.58 bits per heavy atom. The fraction of sp³-hybridized carbons (Fsp3) is 0.692. The van der Waals surface area contributed by atoms with E-state index in [1.165, 1.54) is 24.2 Å². The van der Waals surface area contributed by atoms with Gasteiger partial charge in [-0.15, -0.1) is 11.3 Å². The SMILES string of the molecule is Cc1nc(C)c(C(=O)NCC(O)COCC2CC2)s1. The Bertz CT molecular complexity index is 443. The van der Waals surface area contributed by atoms with Crippen molar-refractivity contribution in [1.29, 1.82) is 0 Å². The predicted molar refractivity (Wildman–Crippen MR) is 73.5 cm³/mol. The zero-order chi connectivity index (χ0) is 13.8. The number of aliphatic hydroxyl groups excluding tert-OH is 1. The van der Waals surface area contributed by atoms with E-state index in [0.29, 0.717) is 10.8 Å². The highest BCUT2D eigenvalue weighted by Gasteiger charge is 2.21. The smallest absolute Gasteiger partial charge is 0.263 e. The maximum atomic E-state index is 11.9. The molecule has 1 unspecified atom stereocenters. The maximum absolute atomic E-state index is 11.9. The van der Waals surface area contributed by atoms with Gasteiger partial charge in [0.1, 0.15) is 4.88 Å². The minimum absolute atomic E-state index is 0.177. The standard InChI is InChI=1S/C13H20N2O3S/c1-8-12(19-9(2)15-8)13(17)14-5-11(16)7-18-6-10-3-4-10/h10-11,16H,3-7H2,1-2H3,(H,14,17). The van der Waals surface area contributed by atoms with Crippen LogP contribution in [0.4, 0.5) is 0 Å². The third kappa shape index (κ3) is 4.56. The molecule has 1 fully saturated rings. The van der Waals surface area contributed by atoms with Crippen LogP contribution in [0.1, 0.15) is 33.2 Å². The number of thiazole rings is 1. The van der Waals surface area contributed by atoms with E-state index in [-0.39, 0.29) is 19.1 Å². The molecule has 1 aliphatic rings. The number of amides is 1. The second-order valence-electron chi connectivity index (χ2n) is 4.99. The number of aromatic nitrogens is 1. The van der Waals surface area contributed by atoms with E-state index >= 15 is 0 Å². The van der Waals surface area contributed by atoms with Crippen molar-refractivity contribution < 1.29 is 14.6 Å². The number of aryl methyl sites for hydroxylation is 2. The molecule has 0 spiro atoms. The zero-order valence-corrected chi connectivity index (χ0v) is 12.1. The summed E-state index contributed by atoms with van der Waals surface area (Å²) in [6.07, 6.45) is 1.81. The summed E-state index contributed by atoms with van der Waals surface area (Å²) in [6, 6.07) is 0. The van der Waals surface area contributed by atoms with Crippen molar-refractivity contribution in [1.82, 2.24) is 10.3 Å². The molecule has 0 aliphatic heterocycles. The fourth-order valence-electron chi connectivity index (χ4n) is 1.75. The zero-order valence-electron chi connectivity index (χ0n) is 11.3. The molecule has 106 valence electrons. The molecule has 1 heterocycles. The van der Waals surface area contributed by atoms with Crippen molar-refractivity contribution in [3.63, 3.8) is 0 Å². The number of rotatable bonds is 7. The Labute approximate surface area is 117 Å². The van der Waals surface area contributed by atoms with Crippen LogP contribution in [0.3, 0.4) is 0 Å². The number of nitrogens with zero attached hydrogens (tertiary/aromatic N) is 1. The van der Waals surface area contributed by atoms with Gasteiger partial charge in [0, 0.05) is 13.2 Å². The molecule has 2 rings (SSSR count). The van der Waals surface area contributed by atoms with Gasteiger partial charge in [0.2, 0.25) is 0 Å². The predicted octanol–water partition coefficient (Wildman–Crippen LogP) is 1.28. The minimum atomic E-state index is -0.656. The summed E-state index contributed by atoms with van der Waals surface area (Å²) in [6.45, 7) is 4.89. The van der Waals surface area contributed by atoms with Crippen molar-refractivity contribution in [2.24, 2.45) is 5.92 Å². The largest absolute Gasteiger partial charge is 0.389 e. The first kappa shape index (κ1) is 14.4. The molecular formula is C13H20N2O3S. The van der Waals surface area contributed by atoms with Gasteiger partial charge in [-0.25, -0.2) is 4.98 Å². The van der Waals surface area contributed by atoms with E-state index < -0.39 is 6.10 Å². The number of ether oxygens (including phenoxy) is 1. The highest BCUT2D eigenvalue weighted by molar-refractivity contribution is 7.13. The minimum Gasteiger partial charge on any atom is -0.389 e. The molecule has 0 radical (unpaired) electrons. The number of hydrogen-bond acceptors (Lipinski definition) is 5. The van der Waals surface area contributed by atoms with Crippen molar-refractivity contribution in [3.05, 3.63) is 15.6 Å². The van der Waals surface area contributed by atoms with Crippen LogP contribution in [-0.4, -0.2) is 41.9 Å². The lowest BCUT2D eigenvalue weighted by Gasteiger charge is -2.11. The lowest BCUT2D eigenvalue weighted by Crippen LogP contribution is -2.34. The highest BCUT2D eigenvalue weighted by Crippen LogP contribution is 2.28. The lowest BCUT2D eigenvalue weighted by molar-refractivity contribution is 0.0321. The Kier molecular flexibility index (Phi) is 4.90. The fourth-order valence-corrected chi connectivity index (χ4v) is 2.58. The van der Waals surface area contributed by atoms with Crippen LogP contribution in [-0.2, 0) is 4.74 Å². The van der Waals surface area contributed by atoms with E-state index in [4.69, 9.17) is 4.74 Å². The second-order valence-corrected chi connectivity index (χ2v) is 6.20. The van der Waals surface area contributed by atoms with Crippen LogP contribution < -0.4 is 5.32 Å². The van der Waals surface area contributed by atoms with Crippen LogP contribution in [0.15, 0.2) is 0 Å². The number of aliphatic hydroxyl groups is 1. The molecule has 6 heteroatoms. The van der Waals surface area contributed by atoms with Crippen LogP contribution >= 0.6 is 11.3 Å². The van der Waals surface area contributed by atoms with Gasteiger partial charge in [-0.1, -0.05) is 0 Å². The van der Waals surface area contributed by atoms with Crippen molar-refractivity contribution in [2.45, 2.75) is 32.8 Å². The average Bonchev–Trinajstić information content (AvgIpc) is 3.11. The van der Waals surface area contributed by atoms with Gasteiger partial charge >= 0.3 is 0 Å². The monoisotopic (exact) mass is 284 g/mol. The van der Waals surface area contributed by atoms with Crippen molar-refractivity contribution >= 4 is 17.2 Å². The Balaban J connectivity index is 1.68. The van der Waals surface area contributed by atoms with Crippen LogP contribution in [0.2, 0.25) is 0 Å². The molecule has 1 atom stereocenters. The number of carbonyl (C=O) groups excluding carboxylic acids is 1. The van der Waals surface area contributed by atoms with E-state index in [0.717, 1.165) is 17.3 Å². The molecule has 0 bridgehead atoms. The first-order valence-corrected chi connectivity index (χ1v) is 7.36. The van der Waals surface area contributed by atoms with Gasteiger partial charge in [-0.2, -0.15) is 0 Å². The van der Waals surface area contributed by atoms with Crippen LogP contribution in [0.25, 0.3) is 0 Å². The topological polar surface area (TPSA) is 71.5 Å². The summed E-state index contributed by atoms with van der Waals surface area (Å²) in [4.78, 5) is 16.7. The third-order valence-corrected chi connectivity index (χ3v) is 4.04. The number of hydrogen-bond donors (Lipinski definition) is 2. The molecule has 0 saturated heterocycles. The molecule has 0 aromatic carbocycles. The van der Waals surface area contributed by atoms with Gasteiger partial charge in [0.15, 0.2) is 0 Å². The van der Waals surface area contributed by atoms with E-state index in [1.54, 1.807) is 0 Å². The number of carbonyl (C=O) groups is 1. The third-order valence-electron chi connectivity index (χ3n) is 2.97. The molecule has 1 amide bonds. The Morgan fingerprint density at radius 2 is 2.32 bits per heavy atom. The Hall–Kier alpha value is -0.980. The average molecular weight is 284 g/mol. The second kappa shape index (κ2) is 6.45. The molecule has 5 nitrogen and oxygen atoms in total. The van der Waals surface area contributed by atoms with Gasteiger partial charge in [0.05, 0.1) is 23.4 Å². The van der Waals surface area contributed by atoms with Gasteiger partial charge in [0.25, 0.3) is 5.91 Å². The summed E-state index contributed by atoms with van der Waals surface area (Å²) >= 11 is 1.37. The van der Waals surface area contributed by atoms with Crippen molar-refractivity contribution in [3.8, 4) is 0 Å². The summed E-state index contributed by atoms with van der Waals surface area (Å²) in [5.41, 5.74) is 0.736. The summed E-state index contributed by atoms with van der Waals surface area (Å²) in [5.74, 6) is 0.508. The summed E-state index contributed by atoms with van der Waals surface area (Å²) < 4.78 is 5.37.